The minimum absolute atomic E-state index is 0.0108. The Morgan fingerprint density at radius 3 is 2.44 bits per heavy atom. The molecule has 0 saturated carbocycles. The molecule has 0 aliphatic heterocycles. The molecule has 0 fully saturated rings. The Labute approximate surface area is 198 Å². The molecule has 17 heteroatoms. The van der Waals surface area contributed by atoms with E-state index in [1.165, 1.54) is 0 Å². The van der Waals surface area contributed by atoms with Gasteiger partial charge in [0.1, 0.15) is 0 Å². The summed E-state index contributed by atoms with van der Waals surface area (Å²) in [6.07, 6.45) is 1.60. The highest BCUT2D eigenvalue weighted by atomic mass is 35.5. The van der Waals surface area contributed by atoms with E-state index in [1.54, 1.807) is 35.2 Å². The number of nitrogens with zero attached hydrogens (tertiary/aromatic N) is 4. The number of fused-ring (bicyclic) bond motifs is 1. The van der Waals surface area contributed by atoms with E-state index in [0.717, 1.165) is 0 Å². The summed E-state index contributed by atoms with van der Waals surface area (Å²) in [6.45, 7) is 2.90. The van der Waals surface area contributed by atoms with Crippen LogP contribution in [-0.2, 0) is 13.9 Å². The van der Waals surface area contributed by atoms with Crippen molar-refractivity contribution >= 4 is 55.4 Å². The normalized spacial score (nSPS) is 13.0. The van der Waals surface area contributed by atoms with E-state index >= 15 is 0 Å². The van der Waals surface area contributed by atoms with Gasteiger partial charge in [0.15, 0.2) is 17.0 Å². The van der Waals surface area contributed by atoms with Crippen molar-refractivity contribution < 1.29 is 38.5 Å². The van der Waals surface area contributed by atoms with Gasteiger partial charge in [-0.2, -0.15) is 9.97 Å². The molecular formula is C17H23ClN6O8P2. The van der Waals surface area contributed by atoms with Gasteiger partial charge in [0.05, 0.1) is 12.9 Å². The van der Waals surface area contributed by atoms with Gasteiger partial charge >= 0.3 is 20.5 Å². The first kappa shape index (κ1) is 26.5. The SMILES string of the molecule is CC(C)n1cnc2c(Nc3cccc(Cl)c3)nc(NCCOC(O)(P(=O)(O)O)P(=O)(O)O)nc21. The Balaban J connectivity index is 1.85. The molecule has 3 rings (SSSR count). The number of rotatable bonds is 10. The summed E-state index contributed by atoms with van der Waals surface area (Å²) in [7, 11) is -11.5. The third-order valence-corrected chi connectivity index (χ3v) is 8.08. The fourth-order valence-electron chi connectivity index (χ4n) is 2.85. The molecule has 0 radical (unpaired) electrons. The number of anilines is 3. The topological polar surface area (TPSA) is 212 Å². The van der Waals surface area contributed by atoms with Crippen LogP contribution in [0.1, 0.15) is 19.9 Å². The predicted octanol–water partition coefficient (Wildman–Crippen LogP) is 2.19. The molecule has 0 atom stereocenters. The lowest BCUT2D eigenvalue weighted by molar-refractivity contribution is -0.102. The molecular weight excluding hydrogens is 514 g/mol. The van der Waals surface area contributed by atoms with E-state index in [2.05, 4.69) is 30.3 Å². The summed E-state index contributed by atoms with van der Waals surface area (Å²) >= 11 is 6.04. The van der Waals surface area contributed by atoms with Crippen LogP contribution < -0.4 is 10.6 Å². The minimum Gasteiger partial charge on any atom is -0.352 e. The molecule has 34 heavy (non-hydrogen) atoms. The van der Waals surface area contributed by atoms with E-state index in [1.807, 2.05) is 13.8 Å². The van der Waals surface area contributed by atoms with Crippen LogP contribution in [0.15, 0.2) is 30.6 Å². The lowest BCUT2D eigenvalue weighted by atomic mass is 10.3. The summed E-state index contributed by atoms with van der Waals surface area (Å²) in [6, 6.07) is 6.91. The fraction of sp³-hybridized carbons (Fsp3) is 0.353. The molecule has 0 aliphatic rings. The monoisotopic (exact) mass is 536 g/mol. The van der Waals surface area contributed by atoms with Crippen molar-refractivity contribution in [2.75, 3.05) is 23.8 Å². The molecule has 0 bridgehead atoms. The van der Waals surface area contributed by atoms with Crippen LogP contribution in [-0.4, -0.2) is 62.6 Å². The van der Waals surface area contributed by atoms with Crippen molar-refractivity contribution in [1.29, 1.82) is 0 Å². The average Bonchev–Trinajstić information content (AvgIpc) is 3.14. The first-order chi connectivity index (χ1) is 15.7. The maximum absolute atomic E-state index is 11.4. The first-order valence-corrected chi connectivity index (χ1v) is 13.3. The molecule has 1 aromatic carbocycles. The van der Waals surface area contributed by atoms with Crippen LogP contribution in [0.3, 0.4) is 0 Å². The molecule has 2 aromatic heterocycles. The van der Waals surface area contributed by atoms with Crippen molar-refractivity contribution in [1.82, 2.24) is 19.5 Å². The van der Waals surface area contributed by atoms with Crippen molar-refractivity contribution in [3.63, 3.8) is 0 Å². The molecule has 7 N–H and O–H groups in total. The summed E-state index contributed by atoms with van der Waals surface area (Å²) in [5.41, 5.74) is 1.57. The van der Waals surface area contributed by atoms with Gasteiger partial charge in [0.2, 0.25) is 5.95 Å². The van der Waals surface area contributed by atoms with Gasteiger partial charge < -0.3 is 44.6 Å². The maximum Gasteiger partial charge on any atom is 0.397 e. The van der Waals surface area contributed by atoms with Crippen LogP contribution in [0.2, 0.25) is 5.02 Å². The molecule has 3 aromatic rings. The average molecular weight is 537 g/mol. The number of nitrogens with one attached hydrogen (secondary N) is 2. The lowest BCUT2D eigenvalue weighted by Crippen LogP contribution is -2.34. The Hall–Kier alpha value is -2.12. The van der Waals surface area contributed by atoms with Crippen LogP contribution in [0.5, 0.6) is 0 Å². The van der Waals surface area contributed by atoms with E-state index in [0.29, 0.717) is 27.7 Å². The molecule has 2 heterocycles. The molecule has 14 nitrogen and oxygen atoms in total. The number of hydrogen-bond acceptors (Lipinski definition) is 9. The van der Waals surface area contributed by atoms with Gasteiger partial charge in [-0.25, -0.2) is 4.98 Å². The minimum atomic E-state index is -5.74. The van der Waals surface area contributed by atoms with E-state index in [9.17, 15) is 14.2 Å². The van der Waals surface area contributed by atoms with Crippen LogP contribution >= 0.6 is 26.8 Å². The largest absolute Gasteiger partial charge is 0.397 e. The maximum atomic E-state index is 11.4. The van der Waals surface area contributed by atoms with Crippen LogP contribution in [0, 0.1) is 0 Å². The lowest BCUT2D eigenvalue weighted by Gasteiger charge is -2.28. The molecule has 0 saturated heterocycles. The van der Waals surface area contributed by atoms with Crippen molar-refractivity contribution in [3.8, 4) is 0 Å². The molecule has 0 spiro atoms. The quantitative estimate of drug-likeness (QED) is 0.113. The van der Waals surface area contributed by atoms with Crippen LogP contribution in [0.25, 0.3) is 11.2 Å². The highest BCUT2D eigenvalue weighted by Gasteiger charge is 2.61. The Bertz CT molecular complexity index is 1250. The predicted molar refractivity (Wildman–Crippen MR) is 124 cm³/mol. The highest BCUT2D eigenvalue weighted by molar-refractivity contribution is 7.71. The third kappa shape index (κ3) is 5.57. The van der Waals surface area contributed by atoms with Gasteiger partial charge in [0.25, 0.3) is 0 Å². The number of halogens is 1. The zero-order valence-corrected chi connectivity index (χ0v) is 20.4. The first-order valence-electron chi connectivity index (χ1n) is 9.71. The summed E-state index contributed by atoms with van der Waals surface area (Å²) < 4.78 is 29.1. The summed E-state index contributed by atoms with van der Waals surface area (Å²) in [4.78, 5) is 49.6. The van der Waals surface area contributed by atoms with Crippen molar-refractivity contribution in [2.24, 2.45) is 0 Å². The van der Waals surface area contributed by atoms with E-state index < -0.39 is 27.1 Å². The third-order valence-electron chi connectivity index (χ3n) is 4.50. The number of imidazole rings is 1. The van der Waals surface area contributed by atoms with Gasteiger partial charge in [-0.3, -0.25) is 9.13 Å². The van der Waals surface area contributed by atoms with Gasteiger partial charge in [-0.05, 0) is 32.0 Å². The number of aliphatic hydroxyl groups is 1. The second-order valence-electron chi connectivity index (χ2n) is 7.39. The Morgan fingerprint density at radius 2 is 1.85 bits per heavy atom. The molecule has 186 valence electrons. The number of benzene rings is 1. The van der Waals surface area contributed by atoms with Crippen LogP contribution in [0.4, 0.5) is 17.5 Å². The smallest absolute Gasteiger partial charge is 0.352 e. The van der Waals surface area contributed by atoms with Gasteiger partial charge in [0, 0.05) is 23.3 Å². The summed E-state index contributed by atoms with van der Waals surface area (Å²) in [5.74, 6) is 0.385. The number of ether oxygens (including phenoxy) is 1. The molecule has 0 unspecified atom stereocenters. The van der Waals surface area contributed by atoms with E-state index in [-0.39, 0.29) is 18.5 Å². The number of hydrogen-bond donors (Lipinski definition) is 7. The molecule has 0 amide bonds. The van der Waals surface area contributed by atoms with E-state index in [4.69, 9.17) is 31.2 Å². The van der Waals surface area contributed by atoms with Gasteiger partial charge in [-0.1, -0.05) is 17.7 Å². The van der Waals surface area contributed by atoms with Crippen molar-refractivity contribution in [2.45, 2.75) is 25.2 Å². The second kappa shape index (κ2) is 9.86. The molecule has 0 aliphatic carbocycles. The van der Waals surface area contributed by atoms with Crippen molar-refractivity contribution in [3.05, 3.63) is 35.6 Å². The van der Waals surface area contributed by atoms with Gasteiger partial charge in [-0.15, -0.1) is 0 Å². The number of aromatic nitrogens is 4. The zero-order chi connectivity index (χ0) is 25.3. The Kier molecular flexibility index (Phi) is 7.68. The fourth-order valence-corrected chi connectivity index (χ4v) is 4.92. The highest BCUT2D eigenvalue weighted by Crippen LogP contribution is 2.67. The standard InChI is InChI=1S/C17H23ClN6O8P2/c1-10(2)24-9-20-13-14(21-12-5-3-4-11(18)8-12)22-16(23-15(13)24)19-6-7-32-17(25,33(26,27)28)34(29,30)31/h3-5,8-10,25H,6-7H2,1-2H3,(H2,26,27,28)(H2,29,30,31)(H2,19,21,22,23). The summed E-state index contributed by atoms with van der Waals surface area (Å²) in [5, 5.41) is 12.2. The Morgan fingerprint density at radius 1 is 1.18 bits per heavy atom. The zero-order valence-electron chi connectivity index (χ0n) is 17.9. The second-order valence-corrected chi connectivity index (χ2v) is 11.6.